The molecule has 1 aromatic heterocycles. The van der Waals surface area contributed by atoms with Gasteiger partial charge >= 0.3 is 0 Å². The molecule has 112 valence electrons. The zero-order valence-corrected chi connectivity index (χ0v) is 12.7. The van der Waals surface area contributed by atoms with E-state index in [1.807, 2.05) is 0 Å². The number of aromatic nitrogens is 1. The minimum atomic E-state index is -0.473. The van der Waals surface area contributed by atoms with E-state index in [4.69, 9.17) is 21.9 Å². The van der Waals surface area contributed by atoms with Crippen LogP contribution >= 0.6 is 11.6 Å². The third kappa shape index (κ3) is 2.64. The Labute approximate surface area is 128 Å². The summed E-state index contributed by atoms with van der Waals surface area (Å²) in [6, 6.07) is 4.89. The number of nitrogens with zero attached hydrogens (tertiary/aromatic N) is 1. The van der Waals surface area contributed by atoms with Crippen LogP contribution in [0.5, 0.6) is 0 Å². The normalized spacial score (nSPS) is 22.4. The summed E-state index contributed by atoms with van der Waals surface area (Å²) >= 11 is 5.87. The third-order valence-electron chi connectivity index (χ3n) is 4.37. The van der Waals surface area contributed by atoms with Crippen molar-refractivity contribution in [1.82, 2.24) is 5.16 Å². The van der Waals surface area contributed by atoms with Crippen molar-refractivity contribution >= 4 is 17.5 Å². The SMILES string of the molecule is CC1CCC(c2noc(N)c2-c2cccc(Cl)c2F)CC1. The van der Waals surface area contributed by atoms with Crippen molar-refractivity contribution in [1.29, 1.82) is 0 Å². The van der Waals surface area contributed by atoms with Gasteiger partial charge in [0.25, 0.3) is 0 Å². The van der Waals surface area contributed by atoms with Gasteiger partial charge in [-0.3, -0.25) is 0 Å². The van der Waals surface area contributed by atoms with Crippen LogP contribution in [0.15, 0.2) is 22.7 Å². The van der Waals surface area contributed by atoms with Crippen LogP contribution in [0.3, 0.4) is 0 Å². The van der Waals surface area contributed by atoms with Crippen molar-refractivity contribution in [2.45, 2.75) is 38.5 Å². The molecular weight excluding hydrogens is 291 g/mol. The minimum absolute atomic E-state index is 0.0799. The molecule has 0 unspecified atom stereocenters. The summed E-state index contributed by atoms with van der Waals surface area (Å²) in [5.74, 6) is 0.691. The smallest absolute Gasteiger partial charge is 0.230 e. The zero-order valence-electron chi connectivity index (χ0n) is 11.9. The molecule has 3 rings (SSSR count). The van der Waals surface area contributed by atoms with Crippen molar-refractivity contribution in [2.24, 2.45) is 5.92 Å². The lowest BCUT2D eigenvalue weighted by atomic mass is 9.80. The highest BCUT2D eigenvalue weighted by Gasteiger charge is 2.28. The molecule has 1 aliphatic carbocycles. The highest BCUT2D eigenvalue weighted by molar-refractivity contribution is 6.31. The Hall–Kier alpha value is -1.55. The maximum atomic E-state index is 14.3. The molecule has 21 heavy (non-hydrogen) atoms. The number of anilines is 1. The second-order valence-electron chi connectivity index (χ2n) is 5.87. The summed E-state index contributed by atoms with van der Waals surface area (Å²) in [6.45, 7) is 2.25. The molecule has 0 radical (unpaired) electrons. The largest absolute Gasteiger partial charge is 0.367 e. The lowest BCUT2D eigenvalue weighted by Gasteiger charge is -2.25. The fraction of sp³-hybridized carbons (Fsp3) is 0.438. The zero-order chi connectivity index (χ0) is 15.0. The first-order valence-electron chi connectivity index (χ1n) is 7.27. The average molecular weight is 309 g/mol. The summed E-state index contributed by atoms with van der Waals surface area (Å²) < 4.78 is 19.4. The van der Waals surface area contributed by atoms with Crippen LogP contribution in [-0.2, 0) is 0 Å². The molecule has 0 amide bonds. The third-order valence-corrected chi connectivity index (χ3v) is 4.66. The Morgan fingerprint density at radius 3 is 2.71 bits per heavy atom. The first kappa shape index (κ1) is 14.4. The molecule has 2 aromatic rings. The van der Waals surface area contributed by atoms with Crippen LogP contribution < -0.4 is 5.73 Å². The van der Waals surface area contributed by atoms with Crippen molar-refractivity contribution in [3.05, 3.63) is 34.7 Å². The lowest BCUT2D eigenvalue weighted by molar-refractivity contribution is 0.331. The van der Waals surface area contributed by atoms with Crippen LogP contribution in [0.25, 0.3) is 11.1 Å². The molecule has 1 aliphatic rings. The van der Waals surface area contributed by atoms with Gasteiger partial charge < -0.3 is 10.3 Å². The fourth-order valence-electron chi connectivity index (χ4n) is 3.10. The number of hydrogen-bond donors (Lipinski definition) is 1. The van der Waals surface area contributed by atoms with E-state index in [0.29, 0.717) is 11.1 Å². The van der Waals surface area contributed by atoms with Gasteiger partial charge in [0.2, 0.25) is 5.88 Å². The van der Waals surface area contributed by atoms with E-state index in [1.165, 1.54) is 6.07 Å². The number of halogens is 2. The lowest BCUT2D eigenvalue weighted by Crippen LogP contribution is -2.12. The molecule has 0 bridgehead atoms. The maximum absolute atomic E-state index is 14.3. The van der Waals surface area contributed by atoms with Crippen LogP contribution in [0, 0.1) is 11.7 Å². The van der Waals surface area contributed by atoms with Crippen molar-refractivity contribution in [3.8, 4) is 11.1 Å². The molecule has 0 atom stereocenters. The Kier molecular flexibility index (Phi) is 3.89. The van der Waals surface area contributed by atoms with Crippen LogP contribution in [-0.4, -0.2) is 5.16 Å². The first-order chi connectivity index (χ1) is 10.1. The molecule has 1 saturated carbocycles. The van der Waals surface area contributed by atoms with Gasteiger partial charge in [-0.1, -0.05) is 48.7 Å². The second-order valence-corrected chi connectivity index (χ2v) is 6.27. The first-order valence-corrected chi connectivity index (χ1v) is 7.65. The monoisotopic (exact) mass is 308 g/mol. The molecule has 2 N–H and O–H groups in total. The molecule has 0 saturated heterocycles. The van der Waals surface area contributed by atoms with Gasteiger partial charge in [-0.05, 0) is 24.8 Å². The van der Waals surface area contributed by atoms with Crippen LogP contribution in [0.2, 0.25) is 5.02 Å². The topological polar surface area (TPSA) is 52.0 Å². The van der Waals surface area contributed by atoms with E-state index in [0.717, 1.165) is 37.3 Å². The van der Waals surface area contributed by atoms with Crippen LogP contribution in [0.4, 0.5) is 10.3 Å². The number of benzene rings is 1. The van der Waals surface area contributed by atoms with Gasteiger partial charge in [0, 0.05) is 11.5 Å². The Morgan fingerprint density at radius 2 is 2.00 bits per heavy atom. The van der Waals surface area contributed by atoms with E-state index in [-0.39, 0.29) is 16.8 Å². The molecule has 1 heterocycles. The summed E-state index contributed by atoms with van der Waals surface area (Å²) in [4.78, 5) is 0. The standard InChI is InChI=1S/C16H18ClFN2O/c1-9-5-7-10(8-6-9)15-13(16(19)21-20-15)11-3-2-4-12(17)14(11)18/h2-4,9-10H,5-8,19H2,1H3. The quantitative estimate of drug-likeness (QED) is 0.848. The van der Waals surface area contributed by atoms with E-state index >= 15 is 0 Å². The number of nitrogens with two attached hydrogens (primary N) is 1. The van der Waals surface area contributed by atoms with Gasteiger partial charge in [-0.2, -0.15) is 0 Å². The predicted molar refractivity (Wildman–Crippen MR) is 81.7 cm³/mol. The Bertz CT molecular complexity index is 648. The molecule has 0 spiro atoms. The average Bonchev–Trinajstić information content (AvgIpc) is 2.85. The summed E-state index contributed by atoms with van der Waals surface area (Å²) in [7, 11) is 0. The minimum Gasteiger partial charge on any atom is -0.367 e. The van der Waals surface area contributed by atoms with E-state index in [1.54, 1.807) is 12.1 Å². The van der Waals surface area contributed by atoms with Gasteiger partial charge in [-0.15, -0.1) is 0 Å². The Balaban J connectivity index is 2.03. The summed E-state index contributed by atoms with van der Waals surface area (Å²) in [5, 5.41) is 4.18. The number of nitrogen functional groups attached to an aromatic ring is 1. The Morgan fingerprint density at radius 1 is 1.29 bits per heavy atom. The number of rotatable bonds is 2. The van der Waals surface area contributed by atoms with Gasteiger partial charge in [0.15, 0.2) is 0 Å². The van der Waals surface area contributed by atoms with E-state index < -0.39 is 5.82 Å². The predicted octanol–water partition coefficient (Wildman–Crippen LogP) is 5.01. The van der Waals surface area contributed by atoms with E-state index in [2.05, 4.69) is 12.1 Å². The summed E-state index contributed by atoms with van der Waals surface area (Å²) in [5.41, 5.74) is 7.59. The molecule has 1 aromatic carbocycles. The molecule has 0 aliphatic heterocycles. The van der Waals surface area contributed by atoms with Gasteiger partial charge in [0.1, 0.15) is 5.82 Å². The van der Waals surface area contributed by atoms with Crippen molar-refractivity contribution < 1.29 is 8.91 Å². The van der Waals surface area contributed by atoms with Gasteiger partial charge in [0.05, 0.1) is 16.3 Å². The summed E-state index contributed by atoms with van der Waals surface area (Å²) in [6.07, 6.45) is 4.36. The number of hydrogen-bond acceptors (Lipinski definition) is 3. The van der Waals surface area contributed by atoms with E-state index in [9.17, 15) is 4.39 Å². The highest BCUT2D eigenvalue weighted by atomic mass is 35.5. The highest BCUT2D eigenvalue weighted by Crippen LogP contribution is 2.42. The molecular formula is C16H18ClFN2O. The van der Waals surface area contributed by atoms with Gasteiger partial charge in [-0.25, -0.2) is 4.39 Å². The van der Waals surface area contributed by atoms with Crippen molar-refractivity contribution in [3.63, 3.8) is 0 Å². The molecule has 1 fully saturated rings. The molecule has 5 heteroatoms. The van der Waals surface area contributed by atoms with Crippen molar-refractivity contribution in [2.75, 3.05) is 5.73 Å². The second kappa shape index (κ2) is 5.68. The molecule has 3 nitrogen and oxygen atoms in total. The fourth-order valence-corrected chi connectivity index (χ4v) is 3.27. The maximum Gasteiger partial charge on any atom is 0.230 e. The van der Waals surface area contributed by atoms with Crippen LogP contribution in [0.1, 0.15) is 44.2 Å².